The van der Waals surface area contributed by atoms with Gasteiger partial charge in [0.1, 0.15) is 11.2 Å². The van der Waals surface area contributed by atoms with Crippen LogP contribution in [-0.4, -0.2) is 0 Å². The fourth-order valence-corrected chi connectivity index (χ4v) is 3.59. The lowest BCUT2D eigenvalue weighted by molar-refractivity contribution is 0.669. The van der Waals surface area contributed by atoms with E-state index < -0.39 is 0 Å². The minimum absolute atomic E-state index is 0.961. The van der Waals surface area contributed by atoms with Gasteiger partial charge >= 0.3 is 0 Å². The predicted molar refractivity (Wildman–Crippen MR) is 95.5 cm³/mol. The summed E-state index contributed by atoms with van der Waals surface area (Å²) >= 11 is 3.50. The molecule has 0 atom stereocenters. The minimum atomic E-state index is 0.961. The zero-order valence-corrected chi connectivity index (χ0v) is 13.2. The first-order valence-electron chi connectivity index (χ1n) is 7.23. The lowest BCUT2D eigenvalue weighted by Crippen LogP contribution is -1.82. The lowest BCUT2D eigenvalue weighted by Gasteiger charge is -2.08. The Kier molecular flexibility index (Phi) is 2.42. The van der Waals surface area contributed by atoms with Gasteiger partial charge in [-0.05, 0) is 46.2 Å². The normalized spacial score (nSPS) is 11.9. The lowest BCUT2D eigenvalue weighted by atomic mass is 9.95. The van der Waals surface area contributed by atoms with E-state index in [2.05, 4.69) is 70.5 Å². The second-order valence-corrected chi connectivity index (χ2v) is 6.48. The maximum atomic E-state index is 6.02. The number of hydrogen-bond donors (Lipinski definition) is 0. The molecule has 104 valence electrons. The molecule has 0 N–H and O–H groups in total. The van der Waals surface area contributed by atoms with Crippen LogP contribution in [-0.2, 0) is 0 Å². The number of halogens is 1. The molecule has 4 aromatic carbocycles. The maximum absolute atomic E-state index is 6.02. The van der Waals surface area contributed by atoms with Crippen LogP contribution in [0.2, 0.25) is 0 Å². The molecule has 1 nitrogen and oxygen atoms in total. The second-order valence-electron chi connectivity index (χ2n) is 5.56. The molecule has 5 aromatic rings. The van der Waals surface area contributed by atoms with Crippen LogP contribution in [0.5, 0.6) is 0 Å². The van der Waals surface area contributed by atoms with Crippen molar-refractivity contribution in [1.82, 2.24) is 0 Å². The Morgan fingerprint density at radius 1 is 0.682 bits per heavy atom. The summed E-state index contributed by atoms with van der Waals surface area (Å²) in [4.78, 5) is 0. The smallest absolute Gasteiger partial charge is 0.136 e. The fourth-order valence-electron chi connectivity index (χ4n) is 3.33. The molecule has 1 aromatic heterocycles. The molecule has 0 aliphatic heterocycles. The third kappa shape index (κ3) is 1.59. The second kappa shape index (κ2) is 4.34. The van der Waals surface area contributed by atoms with Gasteiger partial charge < -0.3 is 4.42 Å². The van der Waals surface area contributed by atoms with Crippen LogP contribution in [0.3, 0.4) is 0 Å². The Bertz CT molecular complexity index is 1120. The van der Waals surface area contributed by atoms with Crippen molar-refractivity contribution in [2.24, 2.45) is 0 Å². The maximum Gasteiger partial charge on any atom is 0.136 e. The zero-order valence-electron chi connectivity index (χ0n) is 11.6. The Labute approximate surface area is 135 Å². The third-order valence-electron chi connectivity index (χ3n) is 4.32. The van der Waals surface area contributed by atoms with Crippen LogP contribution in [0.15, 0.2) is 75.6 Å². The van der Waals surface area contributed by atoms with Crippen LogP contribution in [0, 0.1) is 0 Å². The van der Waals surface area contributed by atoms with Crippen molar-refractivity contribution in [1.29, 1.82) is 0 Å². The van der Waals surface area contributed by atoms with Gasteiger partial charge in [0, 0.05) is 15.2 Å². The zero-order chi connectivity index (χ0) is 14.7. The number of benzene rings is 4. The van der Waals surface area contributed by atoms with Crippen molar-refractivity contribution in [3.8, 4) is 11.1 Å². The first-order chi connectivity index (χ1) is 10.8. The third-order valence-corrected chi connectivity index (χ3v) is 4.85. The molecule has 0 spiro atoms. The van der Waals surface area contributed by atoms with E-state index in [0.717, 1.165) is 15.6 Å². The minimum Gasteiger partial charge on any atom is -0.456 e. The van der Waals surface area contributed by atoms with Gasteiger partial charge in [0.25, 0.3) is 0 Å². The van der Waals surface area contributed by atoms with Gasteiger partial charge in [-0.3, -0.25) is 0 Å². The summed E-state index contributed by atoms with van der Waals surface area (Å²) < 4.78 is 7.11. The molecule has 1 heterocycles. The number of hydrogen-bond acceptors (Lipinski definition) is 1. The van der Waals surface area contributed by atoms with Crippen molar-refractivity contribution in [2.75, 3.05) is 0 Å². The van der Waals surface area contributed by atoms with Crippen molar-refractivity contribution in [3.05, 3.63) is 71.2 Å². The van der Waals surface area contributed by atoms with E-state index in [1.165, 1.54) is 32.7 Å². The summed E-state index contributed by atoms with van der Waals surface area (Å²) in [6.45, 7) is 0. The molecule has 0 aliphatic rings. The molecule has 0 amide bonds. The highest BCUT2D eigenvalue weighted by Gasteiger charge is 2.15. The highest BCUT2D eigenvalue weighted by molar-refractivity contribution is 9.10. The molecule has 0 unspecified atom stereocenters. The summed E-state index contributed by atoms with van der Waals surface area (Å²) in [5, 5.41) is 4.94. The SMILES string of the molecule is Brc1ccc(-c2ccc3oc4cccc5ccc2c3c54)cc1. The van der Waals surface area contributed by atoms with E-state index in [1.807, 2.05) is 12.1 Å². The Hall–Kier alpha value is -2.32. The van der Waals surface area contributed by atoms with Crippen LogP contribution >= 0.6 is 15.9 Å². The highest BCUT2D eigenvalue weighted by Crippen LogP contribution is 2.40. The first kappa shape index (κ1) is 12.2. The van der Waals surface area contributed by atoms with E-state index in [0.29, 0.717) is 0 Å². The monoisotopic (exact) mass is 346 g/mol. The molecular formula is C20H11BrO. The largest absolute Gasteiger partial charge is 0.456 e. The summed E-state index contributed by atoms with van der Waals surface area (Å²) in [6.07, 6.45) is 0. The van der Waals surface area contributed by atoms with E-state index in [1.54, 1.807) is 0 Å². The molecule has 5 rings (SSSR count). The van der Waals surface area contributed by atoms with Gasteiger partial charge in [-0.1, -0.05) is 58.4 Å². The van der Waals surface area contributed by atoms with E-state index in [-0.39, 0.29) is 0 Å². The highest BCUT2D eigenvalue weighted by atomic mass is 79.9. The molecule has 0 fully saturated rings. The molecule has 0 bridgehead atoms. The van der Waals surface area contributed by atoms with Crippen molar-refractivity contribution < 1.29 is 4.42 Å². The summed E-state index contributed by atoms with van der Waals surface area (Å²) in [5.41, 5.74) is 4.39. The topological polar surface area (TPSA) is 13.1 Å². The van der Waals surface area contributed by atoms with Gasteiger partial charge in [0.05, 0.1) is 0 Å². The van der Waals surface area contributed by atoms with Gasteiger partial charge in [0.15, 0.2) is 0 Å². The van der Waals surface area contributed by atoms with Gasteiger partial charge in [-0.2, -0.15) is 0 Å². The Balaban J connectivity index is 1.95. The molecule has 0 saturated carbocycles. The molecular weight excluding hydrogens is 336 g/mol. The molecule has 0 saturated heterocycles. The average Bonchev–Trinajstić information content (AvgIpc) is 2.94. The molecule has 0 aliphatic carbocycles. The summed E-state index contributed by atoms with van der Waals surface area (Å²) in [7, 11) is 0. The van der Waals surface area contributed by atoms with Crippen molar-refractivity contribution in [2.45, 2.75) is 0 Å². The first-order valence-corrected chi connectivity index (χ1v) is 8.03. The van der Waals surface area contributed by atoms with Gasteiger partial charge in [-0.15, -0.1) is 0 Å². The summed E-state index contributed by atoms with van der Waals surface area (Å²) in [6, 6.07) is 23.3. The number of furan rings is 1. The van der Waals surface area contributed by atoms with Crippen LogP contribution < -0.4 is 0 Å². The molecule has 2 heteroatoms. The van der Waals surface area contributed by atoms with E-state index >= 15 is 0 Å². The Morgan fingerprint density at radius 3 is 2.36 bits per heavy atom. The average molecular weight is 347 g/mol. The van der Waals surface area contributed by atoms with Gasteiger partial charge in [0.2, 0.25) is 0 Å². The van der Waals surface area contributed by atoms with Crippen molar-refractivity contribution in [3.63, 3.8) is 0 Å². The van der Waals surface area contributed by atoms with Crippen molar-refractivity contribution >= 4 is 48.6 Å². The van der Waals surface area contributed by atoms with E-state index in [9.17, 15) is 0 Å². The molecule has 22 heavy (non-hydrogen) atoms. The quantitative estimate of drug-likeness (QED) is 0.311. The van der Waals surface area contributed by atoms with E-state index in [4.69, 9.17) is 4.42 Å². The van der Waals surface area contributed by atoms with Gasteiger partial charge in [-0.25, -0.2) is 0 Å². The summed E-state index contributed by atoms with van der Waals surface area (Å²) in [5.74, 6) is 0. The van der Waals surface area contributed by atoms with Crippen LogP contribution in [0.1, 0.15) is 0 Å². The van der Waals surface area contributed by atoms with Crippen LogP contribution in [0.4, 0.5) is 0 Å². The fraction of sp³-hybridized carbons (Fsp3) is 0. The number of rotatable bonds is 1. The van der Waals surface area contributed by atoms with Crippen LogP contribution in [0.25, 0.3) is 43.8 Å². The molecule has 0 radical (unpaired) electrons. The Morgan fingerprint density at radius 2 is 1.50 bits per heavy atom. The standard InChI is InChI=1S/C20H11BrO/c21-14-7-4-12(5-8-14)15-10-11-18-20-16(15)9-6-13-2-1-3-17(22-18)19(13)20/h1-11H. The predicted octanol–water partition coefficient (Wildman–Crippen LogP) is 6.61.